The molecular weight excluding hydrogens is 198 g/mol. The van der Waals surface area contributed by atoms with E-state index in [9.17, 15) is 4.79 Å². The molecule has 0 atom stereocenters. The molecule has 1 aromatic rings. The Hall–Kier alpha value is -1.07. The Morgan fingerprint density at radius 3 is 2.33 bits per heavy atom. The molecule has 5 heteroatoms. The fourth-order valence-electron chi connectivity index (χ4n) is 1.08. The van der Waals surface area contributed by atoms with E-state index in [4.69, 9.17) is 14.0 Å². The zero-order chi connectivity index (χ0) is 11.1. The van der Waals surface area contributed by atoms with Gasteiger partial charge in [-0.25, -0.2) is 0 Å². The zero-order valence-electron chi connectivity index (χ0n) is 9.12. The number of H-pyrrole nitrogens is 1. The van der Waals surface area contributed by atoms with Crippen molar-refractivity contribution in [2.24, 2.45) is 0 Å². The van der Waals surface area contributed by atoms with Gasteiger partial charge >= 0.3 is 0 Å². The van der Waals surface area contributed by atoms with Crippen LogP contribution in [0.25, 0.3) is 0 Å². The number of rotatable bonds is 7. The van der Waals surface area contributed by atoms with E-state index in [1.54, 1.807) is 0 Å². The van der Waals surface area contributed by atoms with Gasteiger partial charge in [0.15, 0.2) is 5.76 Å². The van der Waals surface area contributed by atoms with E-state index in [2.05, 4.69) is 5.16 Å². The van der Waals surface area contributed by atoms with E-state index >= 15 is 0 Å². The molecule has 15 heavy (non-hydrogen) atoms. The second-order valence-corrected chi connectivity index (χ2v) is 3.19. The summed E-state index contributed by atoms with van der Waals surface area (Å²) in [5, 5.41) is 2.21. The third-order valence-electron chi connectivity index (χ3n) is 1.72. The molecule has 0 aliphatic rings. The van der Waals surface area contributed by atoms with Crippen molar-refractivity contribution in [2.45, 2.75) is 33.0 Å². The van der Waals surface area contributed by atoms with Gasteiger partial charge in [-0.2, -0.15) is 5.16 Å². The van der Waals surface area contributed by atoms with E-state index in [1.807, 2.05) is 13.8 Å². The quantitative estimate of drug-likeness (QED) is 0.704. The number of nitrogens with one attached hydrogen (secondary N) is 1. The second kappa shape index (κ2) is 6.42. The number of aromatic amines is 1. The molecular formula is C10H17NO4. The highest BCUT2D eigenvalue weighted by atomic mass is 16.7. The van der Waals surface area contributed by atoms with Crippen molar-refractivity contribution < 1.29 is 14.0 Å². The lowest BCUT2D eigenvalue weighted by molar-refractivity contribution is -0.158. The smallest absolute Gasteiger partial charge is 0.280 e. The van der Waals surface area contributed by atoms with Crippen LogP contribution in [-0.4, -0.2) is 18.4 Å². The normalized spacial score (nSPS) is 11.1. The van der Waals surface area contributed by atoms with Crippen molar-refractivity contribution in [2.75, 3.05) is 13.2 Å². The first-order chi connectivity index (χ1) is 7.27. The Labute approximate surface area is 88.3 Å². The van der Waals surface area contributed by atoms with E-state index in [0.717, 1.165) is 12.8 Å². The third kappa shape index (κ3) is 3.89. The summed E-state index contributed by atoms with van der Waals surface area (Å²) < 4.78 is 15.8. The summed E-state index contributed by atoms with van der Waals surface area (Å²) in [6.45, 7) is 5.15. The van der Waals surface area contributed by atoms with E-state index in [-0.39, 0.29) is 5.56 Å². The minimum atomic E-state index is -0.580. The maximum absolute atomic E-state index is 10.9. The van der Waals surface area contributed by atoms with Gasteiger partial charge in [0.25, 0.3) is 5.56 Å². The molecule has 1 heterocycles. The van der Waals surface area contributed by atoms with Gasteiger partial charge in [-0.3, -0.25) is 4.79 Å². The molecule has 0 aliphatic heterocycles. The highest BCUT2D eigenvalue weighted by Gasteiger charge is 2.16. The summed E-state index contributed by atoms with van der Waals surface area (Å²) >= 11 is 0. The highest BCUT2D eigenvalue weighted by molar-refractivity contribution is 4.95. The fourth-order valence-corrected chi connectivity index (χ4v) is 1.08. The minimum absolute atomic E-state index is 0.282. The standard InChI is InChI=1S/C10H17NO4/c1-3-5-13-10(14-6-4-2)8-7-9(12)11-15-8/h7,10H,3-6H2,1-2H3,(H,11,12). The topological polar surface area (TPSA) is 64.5 Å². The van der Waals surface area contributed by atoms with E-state index in [1.165, 1.54) is 6.07 Å². The minimum Gasteiger partial charge on any atom is -0.378 e. The van der Waals surface area contributed by atoms with E-state index < -0.39 is 6.29 Å². The van der Waals surface area contributed by atoms with Crippen molar-refractivity contribution in [3.8, 4) is 0 Å². The molecule has 1 rings (SSSR count). The summed E-state index contributed by atoms with van der Waals surface area (Å²) in [6, 6.07) is 1.34. The van der Waals surface area contributed by atoms with Gasteiger partial charge in [-0.1, -0.05) is 13.8 Å². The molecule has 0 bridgehead atoms. The largest absolute Gasteiger partial charge is 0.378 e. The van der Waals surface area contributed by atoms with Gasteiger partial charge in [0, 0.05) is 13.2 Å². The number of hydrogen-bond acceptors (Lipinski definition) is 4. The fraction of sp³-hybridized carbons (Fsp3) is 0.700. The van der Waals surface area contributed by atoms with Gasteiger partial charge in [0.05, 0.1) is 6.07 Å². The van der Waals surface area contributed by atoms with Crippen LogP contribution < -0.4 is 5.56 Å². The number of aromatic nitrogens is 1. The summed E-state index contributed by atoms with van der Waals surface area (Å²) in [6.07, 6.45) is 1.20. The number of hydrogen-bond donors (Lipinski definition) is 1. The maximum atomic E-state index is 10.9. The summed E-state index contributed by atoms with van der Waals surface area (Å²) in [7, 11) is 0. The first-order valence-electron chi connectivity index (χ1n) is 5.19. The van der Waals surface area contributed by atoms with Gasteiger partial charge in [0.2, 0.25) is 6.29 Å². The van der Waals surface area contributed by atoms with Gasteiger partial charge < -0.3 is 14.0 Å². The van der Waals surface area contributed by atoms with E-state index in [0.29, 0.717) is 19.0 Å². The molecule has 86 valence electrons. The molecule has 0 radical (unpaired) electrons. The van der Waals surface area contributed by atoms with Gasteiger partial charge in [-0.15, -0.1) is 0 Å². The van der Waals surface area contributed by atoms with Crippen LogP contribution in [0.3, 0.4) is 0 Å². The number of ether oxygens (including phenoxy) is 2. The van der Waals surface area contributed by atoms with Crippen LogP contribution in [0.1, 0.15) is 38.7 Å². The monoisotopic (exact) mass is 215 g/mol. The zero-order valence-corrected chi connectivity index (χ0v) is 9.12. The van der Waals surface area contributed by atoms with Crippen LogP contribution in [-0.2, 0) is 9.47 Å². The molecule has 1 aromatic heterocycles. The SMILES string of the molecule is CCCOC(OCCC)c1cc(=O)[nH]o1. The molecule has 0 saturated heterocycles. The predicted octanol–water partition coefficient (Wildman–Crippen LogP) is 1.82. The molecule has 1 N–H and O–H groups in total. The molecule has 0 amide bonds. The Kier molecular flexibility index (Phi) is 5.14. The average Bonchev–Trinajstić information content (AvgIpc) is 2.65. The van der Waals surface area contributed by atoms with Crippen molar-refractivity contribution in [1.82, 2.24) is 5.16 Å². The lowest BCUT2D eigenvalue weighted by atomic mass is 10.4. The van der Waals surface area contributed by atoms with Crippen LogP contribution >= 0.6 is 0 Å². The first-order valence-corrected chi connectivity index (χ1v) is 5.19. The van der Waals surface area contributed by atoms with Crippen LogP contribution in [0, 0.1) is 0 Å². The predicted molar refractivity (Wildman–Crippen MR) is 54.6 cm³/mol. The van der Waals surface area contributed by atoms with Crippen LogP contribution in [0.15, 0.2) is 15.4 Å². The third-order valence-corrected chi connectivity index (χ3v) is 1.72. The molecule has 0 aromatic carbocycles. The molecule has 0 unspecified atom stereocenters. The average molecular weight is 215 g/mol. The van der Waals surface area contributed by atoms with Gasteiger partial charge in [0.1, 0.15) is 0 Å². The van der Waals surface area contributed by atoms with Crippen LogP contribution in [0.4, 0.5) is 0 Å². The molecule has 0 fully saturated rings. The van der Waals surface area contributed by atoms with Gasteiger partial charge in [-0.05, 0) is 12.8 Å². The summed E-state index contributed by atoms with van der Waals surface area (Å²) in [5.74, 6) is 0.391. The van der Waals surface area contributed by atoms with Crippen molar-refractivity contribution in [1.29, 1.82) is 0 Å². The second-order valence-electron chi connectivity index (χ2n) is 3.19. The molecule has 5 nitrogen and oxygen atoms in total. The maximum Gasteiger partial charge on any atom is 0.280 e. The Balaban J connectivity index is 2.58. The Morgan fingerprint density at radius 2 is 1.93 bits per heavy atom. The molecule has 0 saturated carbocycles. The summed E-state index contributed by atoms with van der Waals surface area (Å²) in [5.41, 5.74) is -0.282. The Morgan fingerprint density at radius 1 is 1.33 bits per heavy atom. The lowest BCUT2D eigenvalue weighted by Crippen LogP contribution is -2.10. The Bertz CT molecular complexity index is 309. The first kappa shape index (κ1) is 12.0. The van der Waals surface area contributed by atoms with Crippen LogP contribution in [0.5, 0.6) is 0 Å². The highest BCUT2D eigenvalue weighted by Crippen LogP contribution is 2.17. The lowest BCUT2D eigenvalue weighted by Gasteiger charge is -2.14. The van der Waals surface area contributed by atoms with Crippen molar-refractivity contribution in [3.05, 3.63) is 22.2 Å². The van der Waals surface area contributed by atoms with Crippen molar-refractivity contribution >= 4 is 0 Å². The van der Waals surface area contributed by atoms with Crippen molar-refractivity contribution in [3.63, 3.8) is 0 Å². The summed E-state index contributed by atoms with van der Waals surface area (Å²) in [4.78, 5) is 10.9. The molecule has 0 spiro atoms. The molecule has 0 aliphatic carbocycles. The van der Waals surface area contributed by atoms with Crippen LogP contribution in [0.2, 0.25) is 0 Å².